The minimum Gasteiger partial charge on any atom is -0.495 e. The third-order valence-corrected chi connectivity index (χ3v) is 2.41. The molecule has 0 aromatic heterocycles. The fourth-order valence-corrected chi connectivity index (χ4v) is 1.52. The number of halogens is 1. The van der Waals surface area contributed by atoms with Crippen molar-refractivity contribution in [3.63, 3.8) is 0 Å². The number of ether oxygens (including phenoxy) is 2. The van der Waals surface area contributed by atoms with Gasteiger partial charge in [-0.15, -0.1) is 0 Å². The molecule has 1 aromatic carbocycles. The number of methoxy groups -OCH3 is 1. The summed E-state index contributed by atoms with van der Waals surface area (Å²) in [7, 11) is 1.56. The summed E-state index contributed by atoms with van der Waals surface area (Å²) < 4.78 is 10.1. The maximum absolute atomic E-state index is 11.5. The molecule has 0 aliphatic heterocycles. The van der Waals surface area contributed by atoms with Gasteiger partial charge >= 0.3 is 5.97 Å². The van der Waals surface area contributed by atoms with E-state index in [1.807, 2.05) is 0 Å². The van der Waals surface area contributed by atoms with Crippen LogP contribution in [0.5, 0.6) is 5.75 Å². The molecule has 94 valence electrons. The molecule has 0 aliphatic rings. The monoisotopic (exact) mass is 257 g/mol. The Hall–Kier alpha value is -1.42. The summed E-state index contributed by atoms with van der Waals surface area (Å²) in [6.45, 7) is 3.85. The second-order valence-corrected chi connectivity index (χ2v) is 3.90. The lowest BCUT2D eigenvalue weighted by molar-refractivity contribution is -0.143. The molecule has 4 nitrogen and oxygen atoms in total. The van der Waals surface area contributed by atoms with Crippen LogP contribution in [0.1, 0.15) is 13.8 Å². The molecule has 17 heavy (non-hydrogen) atoms. The molecule has 0 amide bonds. The highest BCUT2D eigenvalue weighted by Crippen LogP contribution is 2.28. The van der Waals surface area contributed by atoms with E-state index >= 15 is 0 Å². The molecular weight excluding hydrogens is 242 g/mol. The lowest BCUT2D eigenvalue weighted by Gasteiger charge is -2.16. The highest BCUT2D eigenvalue weighted by molar-refractivity contribution is 6.30. The fraction of sp³-hybridized carbons (Fsp3) is 0.417. The summed E-state index contributed by atoms with van der Waals surface area (Å²) in [6.07, 6.45) is 0. The summed E-state index contributed by atoms with van der Waals surface area (Å²) in [4.78, 5) is 11.5. The van der Waals surface area contributed by atoms with Crippen molar-refractivity contribution in [2.75, 3.05) is 19.0 Å². The van der Waals surface area contributed by atoms with Crippen LogP contribution in [0, 0.1) is 0 Å². The van der Waals surface area contributed by atoms with Crippen molar-refractivity contribution in [1.29, 1.82) is 0 Å². The molecule has 1 N–H and O–H groups in total. The van der Waals surface area contributed by atoms with Crippen LogP contribution in [0.15, 0.2) is 18.2 Å². The number of rotatable bonds is 5. The zero-order chi connectivity index (χ0) is 12.8. The van der Waals surface area contributed by atoms with E-state index in [9.17, 15) is 4.79 Å². The molecule has 1 aromatic rings. The zero-order valence-electron chi connectivity index (χ0n) is 10.1. The predicted molar refractivity (Wildman–Crippen MR) is 67.7 cm³/mol. The smallest absolute Gasteiger partial charge is 0.328 e. The van der Waals surface area contributed by atoms with Crippen LogP contribution < -0.4 is 10.1 Å². The first-order chi connectivity index (χ1) is 8.08. The van der Waals surface area contributed by atoms with E-state index in [0.717, 1.165) is 0 Å². The second kappa shape index (κ2) is 6.35. The Morgan fingerprint density at radius 3 is 2.82 bits per heavy atom. The Labute approximate surface area is 106 Å². The Morgan fingerprint density at radius 2 is 2.24 bits per heavy atom. The number of hydrogen-bond acceptors (Lipinski definition) is 4. The molecule has 0 spiro atoms. The zero-order valence-corrected chi connectivity index (χ0v) is 10.9. The van der Waals surface area contributed by atoms with Gasteiger partial charge in [0.15, 0.2) is 0 Å². The highest BCUT2D eigenvalue weighted by atomic mass is 35.5. The number of anilines is 1. The predicted octanol–water partition coefficient (Wildman–Crippen LogP) is 2.71. The molecular formula is C12H16ClNO3. The van der Waals surface area contributed by atoms with E-state index in [1.54, 1.807) is 39.2 Å². The van der Waals surface area contributed by atoms with Gasteiger partial charge in [-0.3, -0.25) is 0 Å². The SMILES string of the molecule is CCOC(=O)C(C)Nc1cc(Cl)ccc1OC. The minimum absolute atomic E-state index is 0.311. The third kappa shape index (κ3) is 3.82. The lowest BCUT2D eigenvalue weighted by atomic mass is 10.2. The van der Waals surface area contributed by atoms with Crippen molar-refractivity contribution in [2.45, 2.75) is 19.9 Å². The lowest BCUT2D eigenvalue weighted by Crippen LogP contribution is -2.28. The van der Waals surface area contributed by atoms with Gasteiger partial charge in [-0.05, 0) is 32.0 Å². The van der Waals surface area contributed by atoms with E-state index in [0.29, 0.717) is 23.1 Å². The van der Waals surface area contributed by atoms with Crippen molar-refractivity contribution in [3.05, 3.63) is 23.2 Å². The molecule has 0 bridgehead atoms. The van der Waals surface area contributed by atoms with E-state index in [1.165, 1.54) is 0 Å². The van der Waals surface area contributed by atoms with Crippen molar-refractivity contribution in [1.82, 2.24) is 0 Å². The Morgan fingerprint density at radius 1 is 1.53 bits per heavy atom. The van der Waals surface area contributed by atoms with Crippen molar-refractivity contribution >= 4 is 23.3 Å². The van der Waals surface area contributed by atoms with Gasteiger partial charge in [0, 0.05) is 5.02 Å². The van der Waals surface area contributed by atoms with E-state index in [2.05, 4.69) is 5.32 Å². The summed E-state index contributed by atoms with van der Waals surface area (Å²) in [5.74, 6) is 0.320. The van der Waals surface area contributed by atoms with Gasteiger partial charge in [0.25, 0.3) is 0 Å². The van der Waals surface area contributed by atoms with E-state index in [4.69, 9.17) is 21.1 Å². The van der Waals surface area contributed by atoms with Gasteiger partial charge in [0.1, 0.15) is 11.8 Å². The number of esters is 1. The molecule has 1 unspecified atom stereocenters. The summed E-state index contributed by atoms with van der Waals surface area (Å²) in [5.41, 5.74) is 0.667. The van der Waals surface area contributed by atoms with Crippen molar-refractivity contribution in [3.8, 4) is 5.75 Å². The van der Waals surface area contributed by atoms with Gasteiger partial charge in [0.05, 0.1) is 19.4 Å². The number of nitrogens with one attached hydrogen (secondary N) is 1. The standard InChI is InChI=1S/C12H16ClNO3/c1-4-17-12(15)8(2)14-10-7-9(13)5-6-11(10)16-3/h5-8,14H,4H2,1-3H3. The molecule has 0 aliphatic carbocycles. The van der Waals surface area contributed by atoms with Crippen LogP contribution in [-0.2, 0) is 9.53 Å². The molecule has 0 fully saturated rings. The third-order valence-electron chi connectivity index (χ3n) is 2.17. The van der Waals surface area contributed by atoms with Crippen LogP contribution in [0.25, 0.3) is 0 Å². The van der Waals surface area contributed by atoms with Crippen LogP contribution in [0.3, 0.4) is 0 Å². The van der Waals surface area contributed by atoms with Gasteiger partial charge < -0.3 is 14.8 Å². The largest absolute Gasteiger partial charge is 0.495 e. The first kappa shape index (κ1) is 13.6. The van der Waals surface area contributed by atoms with Crippen molar-refractivity contribution < 1.29 is 14.3 Å². The molecule has 5 heteroatoms. The van der Waals surface area contributed by atoms with Crippen LogP contribution in [0.4, 0.5) is 5.69 Å². The van der Waals surface area contributed by atoms with Crippen molar-refractivity contribution in [2.24, 2.45) is 0 Å². The topological polar surface area (TPSA) is 47.6 Å². The normalized spacial score (nSPS) is 11.8. The number of hydrogen-bond donors (Lipinski definition) is 1. The molecule has 0 radical (unpaired) electrons. The summed E-state index contributed by atoms with van der Waals surface area (Å²) in [5, 5.41) is 3.58. The van der Waals surface area contributed by atoms with E-state index < -0.39 is 6.04 Å². The second-order valence-electron chi connectivity index (χ2n) is 3.46. The molecule has 0 heterocycles. The molecule has 0 saturated heterocycles. The van der Waals surface area contributed by atoms with Gasteiger partial charge in [-0.25, -0.2) is 4.79 Å². The van der Waals surface area contributed by atoms with Gasteiger partial charge in [-0.1, -0.05) is 11.6 Å². The maximum Gasteiger partial charge on any atom is 0.328 e. The quantitative estimate of drug-likeness (QED) is 0.824. The maximum atomic E-state index is 11.5. The number of carbonyl (C=O) groups is 1. The Balaban J connectivity index is 2.79. The summed E-state index contributed by atoms with van der Waals surface area (Å²) in [6, 6.07) is 4.71. The van der Waals surface area contributed by atoms with Crippen LogP contribution in [0.2, 0.25) is 5.02 Å². The van der Waals surface area contributed by atoms with Crippen LogP contribution in [-0.4, -0.2) is 25.7 Å². The fourth-order valence-electron chi connectivity index (χ4n) is 1.35. The van der Waals surface area contributed by atoms with Crippen LogP contribution >= 0.6 is 11.6 Å². The minimum atomic E-state index is -0.456. The number of carbonyl (C=O) groups excluding carboxylic acids is 1. The van der Waals surface area contributed by atoms with Gasteiger partial charge in [0.2, 0.25) is 0 Å². The molecule has 0 saturated carbocycles. The average molecular weight is 258 g/mol. The number of benzene rings is 1. The molecule has 1 atom stereocenters. The Kier molecular flexibility index (Phi) is 5.10. The summed E-state index contributed by atoms with van der Waals surface area (Å²) >= 11 is 5.89. The first-order valence-corrected chi connectivity index (χ1v) is 5.73. The molecule has 1 rings (SSSR count). The highest BCUT2D eigenvalue weighted by Gasteiger charge is 2.15. The Bertz CT molecular complexity index is 395. The average Bonchev–Trinajstić information content (AvgIpc) is 2.29. The van der Waals surface area contributed by atoms with E-state index in [-0.39, 0.29) is 5.97 Å². The first-order valence-electron chi connectivity index (χ1n) is 5.35. The van der Waals surface area contributed by atoms with Gasteiger partial charge in [-0.2, -0.15) is 0 Å².